The van der Waals surface area contributed by atoms with Crippen LogP contribution in [0.2, 0.25) is 0 Å². The van der Waals surface area contributed by atoms with Crippen molar-refractivity contribution in [2.24, 2.45) is 0 Å². The third kappa shape index (κ3) is 4.12. The lowest BCUT2D eigenvalue weighted by Gasteiger charge is -2.31. The molecule has 28 heavy (non-hydrogen) atoms. The van der Waals surface area contributed by atoms with Crippen LogP contribution >= 0.6 is 0 Å². The van der Waals surface area contributed by atoms with Crippen molar-refractivity contribution >= 4 is 29.4 Å². The maximum atomic E-state index is 12.4. The van der Waals surface area contributed by atoms with Crippen molar-refractivity contribution in [1.29, 1.82) is 0 Å². The number of anilines is 1. The molecule has 0 aliphatic carbocycles. The van der Waals surface area contributed by atoms with E-state index in [1.165, 1.54) is 51.4 Å². The molecule has 1 aromatic carbocycles. The smallest absolute Gasteiger partial charge is 0.355 e. The van der Waals surface area contributed by atoms with Gasteiger partial charge in [0, 0.05) is 30.9 Å². The molecule has 0 fully saturated rings. The van der Waals surface area contributed by atoms with Gasteiger partial charge in [0.1, 0.15) is 12.4 Å². The van der Waals surface area contributed by atoms with E-state index in [4.69, 9.17) is 14.2 Å². The van der Waals surface area contributed by atoms with Gasteiger partial charge in [-0.3, -0.25) is 9.59 Å². The normalized spacial score (nSPS) is 13.6. The Morgan fingerprint density at radius 2 is 1.46 bits per heavy atom. The molecule has 1 aromatic rings. The summed E-state index contributed by atoms with van der Waals surface area (Å²) in [5, 5.41) is 4.96. The zero-order chi connectivity index (χ0) is 20.8. The van der Waals surface area contributed by atoms with Gasteiger partial charge in [0.05, 0.1) is 26.4 Å². The van der Waals surface area contributed by atoms with Gasteiger partial charge in [-0.2, -0.15) is 0 Å². The van der Waals surface area contributed by atoms with E-state index in [1.807, 2.05) is 0 Å². The number of amides is 2. The van der Waals surface area contributed by atoms with Crippen LogP contribution in [0.15, 0.2) is 29.5 Å². The quantitative estimate of drug-likeness (QED) is 0.662. The zero-order valence-electron chi connectivity index (χ0n) is 16.0. The molecule has 1 aliphatic heterocycles. The molecular weight excluding hydrogens is 370 g/mol. The second-order valence-corrected chi connectivity index (χ2v) is 5.64. The molecule has 1 heterocycles. The molecule has 0 radical (unpaired) electrons. The molecule has 2 amide bonds. The highest BCUT2D eigenvalue weighted by atomic mass is 16.5. The molecular formula is C18H21N3O7. The Labute approximate surface area is 161 Å². The maximum Gasteiger partial charge on any atom is 0.355 e. The zero-order valence-corrected chi connectivity index (χ0v) is 16.0. The molecule has 2 N–H and O–H groups in total. The summed E-state index contributed by atoms with van der Waals surface area (Å²) in [5.41, 5.74) is 0.548. The second-order valence-electron chi connectivity index (χ2n) is 5.64. The molecule has 0 atom stereocenters. The Hall–Kier alpha value is -3.40. The third-order valence-corrected chi connectivity index (χ3v) is 4.04. The fraction of sp³-hybridized carbons (Fsp3) is 0.333. The first-order chi connectivity index (χ1) is 13.4. The highest BCUT2D eigenvalue weighted by Crippen LogP contribution is 2.28. The van der Waals surface area contributed by atoms with Crippen LogP contribution in [0, 0.1) is 0 Å². The average Bonchev–Trinajstić information content (AvgIpc) is 2.75. The van der Waals surface area contributed by atoms with Gasteiger partial charge >= 0.3 is 11.9 Å². The lowest BCUT2D eigenvalue weighted by molar-refractivity contribution is -0.140. The fourth-order valence-corrected chi connectivity index (χ4v) is 2.67. The Morgan fingerprint density at radius 1 is 0.929 bits per heavy atom. The molecule has 10 nitrogen and oxygen atoms in total. The largest absolute Gasteiger partial charge is 0.466 e. The summed E-state index contributed by atoms with van der Waals surface area (Å²) in [6.45, 7) is -0.250. The number of ether oxygens (including phenoxy) is 3. The first-order valence-electron chi connectivity index (χ1n) is 8.22. The summed E-state index contributed by atoms with van der Waals surface area (Å²) in [7, 11) is 5.26. The molecule has 0 saturated heterocycles. The van der Waals surface area contributed by atoms with Crippen molar-refractivity contribution in [2.45, 2.75) is 0 Å². The highest BCUT2D eigenvalue weighted by Gasteiger charge is 2.33. The van der Waals surface area contributed by atoms with Gasteiger partial charge < -0.3 is 29.7 Å². The number of carbonyl (C=O) groups excluding carboxylic acids is 4. The van der Waals surface area contributed by atoms with Crippen LogP contribution in [-0.4, -0.2) is 65.4 Å². The van der Waals surface area contributed by atoms with Gasteiger partial charge in [-0.05, 0) is 18.2 Å². The summed E-state index contributed by atoms with van der Waals surface area (Å²) in [6.07, 6.45) is 0. The van der Waals surface area contributed by atoms with Crippen LogP contribution in [0.5, 0.6) is 0 Å². The van der Waals surface area contributed by atoms with Crippen LogP contribution in [0.1, 0.15) is 20.7 Å². The third-order valence-electron chi connectivity index (χ3n) is 4.04. The highest BCUT2D eigenvalue weighted by molar-refractivity contribution is 6.05. The van der Waals surface area contributed by atoms with Crippen LogP contribution in [0.4, 0.5) is 5.69 Å². The molecule has 150 valence electrons. The maximum absolute atomic E-state index is 12.4. The summed E-state index contributed by atoms with van der Waals surface area (Å²) < 4.78 is 14.9. The summed E-state index contributed by atoms with van der Waals surface area (Å²) in [5.74, 6) is -2.39. The number of methoxy groups -OCH3 is 2. The topological polar surface area (TPSA) is 123 Å². The number of carbonyl (C=O) groups is 4. The minimum Gasteiger partial charge on any atom is -0.466 e. The van der Waals surface area contributed by atoms with E-state index in [9.17, 15) is 19.2 Å². The van der Waals surface area contributed by atoms with Crippen LogP contribution in [0.25, 0.3) is 0 Å². The number of rotatable bonds is 5. The average molecular weight is 391 g/mol. The number of benzene rings is 1. The van der Waals surface area contributed by atoms with Crippen molar-refractivity contribution in [3.63, 3.8) is 0 Å². The molecule has 0 unspecified atom stereocenters. The Morgan fingerprint density at radius 3 is 1.93 bits per heavy atom. The van der Waals surface area contributed by atoms with Gasteiger partial charge in [0.2, 0.25) is 0 Å². The van der Waals surface area contributed by atoms with Crippen LogP contribution < -0.4 is 15.5 Å². The minimum absolute atomic E-state index is 0.0348. The van der Waals surface area contributed by atoms with E-state index in [-0.39, 0.29) is 35.7 Å². The van der Waals surface area contributed by atoms with Crippen molar-refractivity contribution in [1.82, 2.24) is 10.6 Å². The molecule has 0 aromatic heterocycles. The second kappa shape index (κ2) is 9.00. The number of esters is 2. The lowest BCUT2D eigenvalue weighted by Crippen LogP contribution is -2.39. The Bertz CT molecular complexity index is 813. The van der Waals surface area contributed by atoms with E-state index in [0.29, 0.717) is 5.69 Å². The first kappa shape index (κ1) is 20.9. The van der Waals surface area contributed by atoms with E-state index >= 15 is 0 Å². The van der Waals surface area contributed by atoms with Gasteiger partial charge in [-0.15, -0.1) is 0 Å². The van der Waals surface area contributed by atoms with Crippen LogP contribution in [0.3, 0.4) is 0 Å². The number of hydrogen-bond donors (Lipinski definition) is 2. The molecule has 2 rings (SSSR count). The number of nitrogens with zero attached hydrogens (tertiary/aromatic N) is 1. The van der Waals surface area contributed by atoms with Gasteiger partial charge in [-0.1, -0.05) is 0 Å². The number of nitrogens with one attached hydrogen (secondary N) is 2. The summed E-state index contributed by atoms with van der Waals surface area (Å²) in [4.78, 5) is 50.1. The Kier molecular flexibility index (Phi) is 6.72. The lowest BCUT2D eigenvalue weighted by atomic mass is 10.1. The molecule has 0 spiro atoms. The van der Waals surface area contributed by atoms with Gasteiger partial charge in [0.25, 0.3) is 11.8 Å². The summed E-state index contributed by atoms with van der Waals surface area (Å²) in [6, 6.07) is 4.35. The van der Waals surface area contributed by atoms with Crippen LogP contribution in [-0.2, 0) is 23.8 Å². The SMILES string of the molecule is CNC(=O)c1cc(C(=O)NC)cc(N2COCC(C(=O)OC)=C2C(=O)OC)c1. The Balaban J connectivity index is 2.68. The van der Waals surface area contributed by atoms with Crippen molar-refractivity contribution < 1.29 is 33.4 Å². The predicted molar refractivity (Wildman–Crippen MR) is 97.6 cm³/mol. The monoisotopic (exact) mass is 391 g/mol. The van der Waals surface area contributed by atoms with E-state index in [1.54, 1.807) is 0 Å². The van der Waals surface area contributed by atoms with E-state index in [0.717, 1.165) is 0 Å². The standard InChI is InChI=1S/C18H21N3O7/c1-19-15(22)10-5-11(16(23)20-2)7-12(6-10)21-9-28-8-13(17(24)26-3)14(21)18(25)27-4/h5-7H,8-9H2,1-4H3,(H,19,22)(H,20,23). The minimum atomic E-state index is -0.782. The van der Waals surface area contributed by atoms with Crippen molar-refractivity contribution in [3.8, 4) is 0 Å². The van der Waals surface area contributed by atoms with Crippen molar-refractivity contribution in [3.05, 3.63) is 40.6 Å². The molecule has 0 saturated carbocycles. The molecule has 1 aliphatic rings. The number of hydrogen-bond acceptors (Lipinski definition) is 8. The fourth-order valence-electron chi connectivity index (χ4n) is 2.67. The summed E-state index contributed by atoms with van der Waals surface area (Å²) >= 11 is 0. The van der Waals surface area contributed by atoms with Crippen molar-refractivity contribution in [2.75, 3.05) is 46.6 Å². The predicted octanol–water partition coefficient (Wildman–Crippen LogP) is -0.200. The van der Waals surface area contributed by atoms with E-state index in [2.05, 4.69) is 10.6 Å². The molecule has 0 bridgehead atoms. The first-order valence-corrected chi connectivity index (χ1v) is 8.22. The van der Waals surface area contributed by atoms with Gasteiger partial charge in [0.15, 0.2) is 0 Å². The van der Waals surface area contributed by atoms with E-state index < -0.39 is 23.8 Å². The van der Waals surface area contributed by atoms with Gasteiger partial charge in [-0.25, -0.2) is 9.59 Å². The molecule has 10 heteroatoms.